The van der Waals surface area contributed by atoms with Crippen molar-refractivity contribution >= 4 is 11.8 Å². The standard InChI is InChI=1S/C26H29F3N2O3/c1-17-12-14-25(15-13-17)31(24(33)20-10-6-7-11-21(20)26(27,28)29)22(16-34-25)23(32)30-18(2)19-8-4-3-5-9-19/h3-11,17-18,22H,12-16H2,1-2H3,(H,30,32)/t17?,18-,22+,25?/m0/s1. The number of alkyl halides is 3. The molecule has 4 rings (SSSR count). The Bertz CT molecular complexity index is 1030. The third-order valence-corrected chi connectivity index (χ3v) is 6.96. The Labute approximate surface area is 197 Å². The van der Waals surface area contributed by atoms with Gasteiger partial charge in [0.25, 0.3) is 5.91 Å². The molecule has 0 aromatic heterocycles. The molecular formula is C26H29F3N2O3. The van der Waals surface area contributed by atoms with Gasteiger partial charge in [-0.2, -0.15) is 13.2 Å². The predicted molar refractivity (Wildman–Crippen MR) is 121 cm³/mol. The predicted octanol–water partition coefficient (Wildman–Crippen LogP) is 5.33. The monoisotopic (exact) mass is 474 g/mol. The SMILES string of the molecule is CC1CCC2(CC1)OC[C@H](C(=O)N[C@@H](C)c1ccccc1)N2C(=O)c1ccccc1C(F)(F)F. The molecule has 8 heteroatoms. The Morgan fingerprint density at radius 2 is 1.68 bits per heavy atom. The molecule has 5 nitrogen and oxygen atoms in total. The van der Waals surface area contributed by atoms with Crippen LogP contribution >= 0.6 is 0 Å². The first kappa shape index (κ1) is 24.3. The van der Waals surface area contributed by atoms with Crippen LogP contribution in [0.25, 0.3) is 0 Å². The molecule has 1 saturated carbocycles. The average Bonchev–Trinajstić information content (AvgIpc) is 3.19. The van der Waals surface area contributed by atoms with Gasteiger partial charge in [0.05, 0.1) is 23.8 Å². The molecule has 2 aromatic carbocycles. The molecule has 1 saturated heterocycles. The molecule has 2 aromatic rings. The second kappa shape index (κ2) is 9.41. The molecule has 2 fully saturated rings. The van der Waals surface area contributed by atoms with E-state index in [1.165, 1.54) is 23.1 Å². The fraction of sp³-hybridized carbons (Fsp3) is 0.462. The maximum atomic E-state index is 13.7. The number of nitrogens with one attached hydrogen (secondary N) is 1. The van der Waals surface area contributed by atoms with Crippen LogP contribution in [0.3, 0.4) is 0 Å². The summed E-state index contributed by atoms with van der Waals surface area (Å²) in [5, 5.41) is 2.92. The molecule has 2 amide bonds. The number of hydrogen-bond acceptors (Lipinski definition) is 3. The number of benzene rings is 2. The maximum absolute atomic E-state index is 13.7. The topological polar surface area (TPSA) is 58.6 Å². The van der Waals surface area contributed by atoms with Crippen LogP contribution in [0.4, 0.5) is 13.2 Å². The lowest BCUT2D eigenvalue weighted by Crippen LogP contribution is -2.57. The number of ether oxygens (including phenoxy) is 1. The van der Waals surface area contributed by atoms with Gasteiger partial charge in [0, 0.05) is 0 Å². The number of carbonyl (C=O) groups excluding carboxylic acids is 2. The van der Waals surface area contributed by atoms with Crippen molar-refractivity contribution in [1.82, 2.24) is 10.2 Å². The fourth-order valence-electron chi connectivity index (χ4n) is 4.96. The van der Waals surface area contributed by atoms with Gasteiger partial charge in [-0.15, -0.1) is 0 Å². The largest absolute Gasteiger partial charge is 0.417 e. The van der Waals surface area contributed by atoms with Crippen molar-refractivity contribution in [1.29, 1.82) is 0 Å². The molecule has 1 heterocycles. The summed E-state index contributed by atoms with van der Waals surface area (Å²) >= 11 is 0. The van der Waals surface area contributed by atoms with E-state index in [9.17, 15) is 22.8 Å². The smallest absolute Gasteiger partial charge is 0.353 e. The van der Waals surface area contributed by atoms with Gasteiger partial charge in [-0.05, 0) is 56.2 Å². The molecule has 182 valence electrons. The van der Waals surface area contributed by atoms with Crippen molar-refractivity contribution < 1.29 is 27.5 Å². The summed E-state index contributed by atoms with van der Waals surface area (Å²) < 4.78 is 47.2. The maximum Gasteiger partial charge on any atom is 0.417 e. The number of nitrogens with zero attached hydrogens (tertiary/aromatic N) is 1. The number of halogens is 3. The highest BCUT2D eigenvalue weighted by Gasteiger charge is 2.54. The molecule has 1 aliphatic heterocycles. The van der Waals surface area contributed by atoms with Gasteiger partial charge in [-0.1, -0.05) is 49.4 Å². The molecule has 0 unspecified atom stereocenters. The summed E-state index contributed by atoms with van der Waals surface area (Å²) in [6.45, 7) is 3.87. The second-order valence-corrected chi connectivity index (χ2v) is 9.31. The molecule has 1 spiro atoms. The van der Waals surface area contributed by atoms with Crippen molar-refractivity contribution in [3.8, 4) is 0 Å². The van der Waals surface area contributed by atoms with E-state index < -0.39 is 40.9 Å². The van der Waals surface area contributed by atoms with Gasteiger partial charge >= 0.3 is 6.18 Å². The van der Waals surface area contributed by atoms with E-state index in [0.29, 0.717) is 18.8 Å². The van der Waals surface area contributed by atoms with Crippen LogP contribution in [0.2, 0.25) is 0 Å². The minimum atomic E-state index is -4.69. The van der Waals surface area contributed by atoms with E-state index in [1.54, 1.807) is 0 Å². The number of amides is 2. The minimum Gasteiger partial charge on any atom is -0.353 e. The third-order valence-electron chi connectivity index (χ3n) is 6.96. The van der Waals surface area contributed by atoms with Crippen LogP contribution in [0.5, 0.6) is 0 Å². The van der Waals surface area contributed by atoms with E-state index in [2.05, 4.69) is 12.2 Å². The normalized spacial score (nSPS) is 25.9. The third kappa shape index (κ3) is 4.69. The molecule has 2 atom stereocenters. The highest BCUT2D eigenvalue weighted by Crippen LogP contribution is 2.44. The van der Waals surface area contributed by atoms with Crippen molar-refractivity contribution in [2.24, 2.45) is 5.92 Å². The highest BCUT2D eigenvalue weighted by atomic mass is 19.4. The Hall–Kier alpha value is -2.87. The molecule has 1 aliphatic carbocycles. The van der Waals surface area contributed by atoms with Crippen molar-refractivity contribution in [3.05, 3.63) is 71.3 Å². The molecule has 1 N–H and O–H groups in total. The first-order valence-corrected chi connectivity index (χ1v) is 11.6. The van der Waals surface area contributed by atoms with E-state index >= 15 is 0 Å². The first-order chi connectivity index (χ1) is 16.1. The van der Waals surface area contributed by atoms with Gasteiger partial charge in [0.1, 0.15) is 11.8 Å². The number of carbonyl (C=O) groups is 2. The Morgan fingerprint density at radius 3 is 2.32 bits per heavy atom. The summed E-state index contributed by atoms with van der Waals surface area (Å²) in [5.74, 6) is -0.850. The van der Waals surface area contributed by atoms with Crippen molar-refractivity contribution in [3.63, 3.8) is 0 Å². The van der Waals surface area contributed by atoms with Crippen LogP contribution in [-0.2, 0) is 15.7 Å². The van der Waals surface area contributed by atoms with Crippen LogP contribution in [0, 0.1) is 5.92 Å². The Balaban J connectivity index is 1.67. The summed E-state index contributed by atoms with van der Waals surface area (Å²) in [6, 6.07) is 12.7. The van der Waals surface area contributed by atoms with Crippen molar-refractivity contribution in [2.75, 3.05) is 6.61 Å². The van der Waals surface area contributed by atoms with Crippen LogP contribution in [0.15, 0.2) is 54.6 Å². The summed E-state index contributed by atoms with van der Waals surface area (Å²) in [6.07, 6.45) is -2.21. The summed E-state index contributed by atoms with van der Waals surface area (Å²) in [4.78, 5) is 28.3. The zero-order valence-corrected chi connectivity index (χ0v) is 19.3. The van der Waals surface area contributed by atoms with Crippen LogP contribution in [-0.4, -0.2) is 35.1 Å². The van der Waals surface area contributed by atoms with E-state index in [0.717, 1.165) is 24.5 Å². The Kier molecular flexibility index (Phi) is 6.71. The van der Waals surface area contributed by atoms with Gasteiger partial charge in [0.2, 0.25) is 5.91 Å². The number of hydrogen-bond donors (Lipinski definition) is 1. The van der Waals surface area contributed by atoms with Gasteiger partial charge in [-0.25, -0.2) is 0 Å². The van der Waals surface area contributed by atoms with E-state index in [4.69, 9.17) is 4.74 Å². The second-order valence-electron chi connectivity index (χ2n) is 9.31. The molecule has 0 radical (unpaired) electrons. The van der Waals surface area contributed by atoms with E-state index in [-0.39, 0.29) is 12.6 Å². The first-order valence-electron chi connectivity index (χ1n) is 11.6. The summed E-state index contributed by atoms with van der Waals surface area (Å²) in [7, 11) is 0. The molecule has 0 bridgehead atoms. The van der Waals surface area contributed by atoms with Crippen molar-refractivity contribution in [2.45, 2.75) is 63.5 Å². The van der Waals surface area contributed by atoms with Gasteiger partial charge in [-0.3, -0.25) is 14.5 Å². The average molecular weight is 475 g/mol. The minimum absolute atomic E-state index is 0.0539. The number of rotatable bonds is 4. The lowest BCUT2D eigenvalue weighted by molar-refractivity contribution is -0.138. The summed E-state index contributed by atoms with van der Waals surface area (Å²) in [5.41, 5.74) is -1.67. The quantitative estimate of drug-likeness (QED) is 0.652. The highest BCUT2D eigenvalue weighted by molar-refractivity contribution is 5.99. The molecule has 2 aliphatic rings. The zero-order valence-electron chi connectivity index (χ0n) is 19.3. The van der Waals surface area contributed by atoms with E-state index in [1.807, 2.05) is 37.3 Å². The van der Waals surface area contributed by atoms with Gasteiger partial charge < -0.3 is 10.1 Å². The lowest BCUT2D eigenvalue weighted by atomic mass is 9.83. The fourth-order valence-corrected chi connectivity index (χ4v) is 4.96. The van der Waals surface area contributed by atoms with Crippen LogP contribution < -0.4 is 5.32 Å². The Morgan fingerprint density at radius 1 is 1.06 bits per heavy atom. The zero-order chi connectivity index (χ0) is 24.5. The van der Waals surface area contributed by atoms with Gasteiger partial charge in [0.15, 0.2) is 0 Å². The lowest BCUT2D eigenvalue weighted by Gasteiger charge is -2.43. The molecular weight excluding hydrogens is 445 g/mol. The molecule has 34 heavy (non-hydrogen) atoms. The van der Waals surface area contributed by atoms with Crippen LogP contribution in [0.1, 0.15) is 67.1 Å².